The number of para-hydroxylation sites is 1. The average molecular weight is 349 g/mol. The summed E-state index contributed by atoms with van der Waals surface area (Å²) >= 11 is 0. The minimum atomic E-state index is -0.132. The highest BCUT2D eigenvalue weighted by Gasteiger charge is 2.20. The molecule has 26 heavy (non-hydrogen) atoms. The second-order valence-electron chi connectivity index (χ2n) is 6.45. The summed E-state index contributed by atoms with van der Waals surface area (Å²) in [5.41, 5.74) is 1.64. The standard InChI is InChI=1S/C21H23N3O2/c1-3-16(2)23(14-17-9-5-4-6-10-17)21(26)15-24-19-12-8-7-11-18(19)20(25)13-22-24/h4-13,16H,3,14-15H2,1-2H3. The summed E-state index contributed by atoms with van der Waals surface area (Å²) in [6.07, 6.45) is 2.15. The third-order valence-electron chi connectivity index (χ3n) is 4.69. The van der Waals surface area contributed by atoms with Crippen molar-refractivity contribution in [3.05, 3.63) is 76.6 Å². The number of amides is 1. The molecule has 0 spiro atoms. The monoisotopic (exact) mass is 349 g/mol. The minimum Gasteiger partial charge on any atom is -0.334 e. The fourth-order valence-electron chi connectivity index (χ4n) is 3.00. The molecule has 0 fully saturated rings. The van der Waals surface area contributed by atoms with Crippen LogP contribution < -0.4 is 5.43 Å². The van der Waals surface area contributed by atoms with Gasteiger partial charge in [0, 0.05) is 18.0 Å². The molecule has 1 heterocycles. The summed E-state index contributed by atoms with van der Waals surface area (Å²) in [6, 6.07) is 17.3. The Bertz CT molecular complexity index is 950. The molecule has 5 heteroatoms. The van der Waals surface area contributed by atoms with Crippen molar-refractivity contribution >= 4 is 16.8 Å². The molecular weight excluding hydrogens is 326 g/mol. The van der Waals surface area contributed by atoms with E-state index in [4.69, 9.17) is 0 Å². The molecule has 5 nitrogen and oxygen atoms in total. The van der Waals surface area contributed by atoms with E-state index in [-0.39, 0.29) is 23.9 Å². The zero-order valence-corrected chi connectivity index (χ0v) is 15.1. The number of hydrogen-bond donors (Lipinski definition) is 0. The third-order valence-corrected chi connectivity index (χ3v) is 4.69. The van der Waals surface area contributed by atoms with E-state index >= 15 is 0 Å². The Morgan fingerprint density at radius 2 is 1.81 bits per heavy atom. The molecule has 0 saturated heterocycles. The topological polar surface area (TPSA) is 55.2 Å². The van der Waals surface area contributed by atoms with Crippen molar-refractivity contribution in [3.8, 4) is 0 Å². The van der Waals surface area contributed by atoms with Gasteiger partial charge < -0.3 is 4.90 Å². The summed E-state index contributed by atoms with van der Waals surface area (Å²) in [5, 5.41) is 4.75. The van der Waals surface area contributed by atoms with Crippen LogP contribution >= 0.6 is 0 Å². The zero-order valence-electron chi connectivity index (χ0n) is 15.1. The summed E-state index contributed by atoms with van der Waals surface area (Å²) in [4.78, 5) is 26.9. The van der Waals surface area contributed by atoms with Crippen molar-refractivity contribution in [1.29, 1.82) is 0 Å². The van der Waals surface area contributed by atoms with Gasteiger partial charge in [0.1, 0.15) is 6.54 Å². The molecule has 0 bridgehead atoms. The molecule has 0 aliphatic rings. The SMILES string of the molecule is CCC(C)N(Cc1ccccc1)C(=O)Cn1ncc(=O)c2ccccc21. The smallest absolute Gasteiger partial charge is 0.244 e. The van der Waals surface area contributed by atoms with Gasteiger partial charge in [0.05, 0.1) is 11.7 Å². The van der Waals surface area contributed by atoms with Crippen LogP contribution in [-0.2, 0) is 17.9 Å². The maximum absolute atomic E-state index is 13.0. The molecule has 134 valence electrons. The van der Waals surface area contributed by atoms with Crippen LogP contribution in [0.25, 0.3) is 10.9 Å². The molecule has 1 unspecified atom stereocenters. The maximum atomic E-state index is 13.0. The predicted molar refractivity (Wildman–Crippen MR) is 103 cm³/mol. The Balaban J connectivity index is 1.89. The number of rotatable bonds is 6. The summed E-state index contributed by atoms with van der Waals surface area (Å²) in [6.45, 7) is 4.80. The Kier molecular flexibility index (Phi) is 5.46. The highest BCUT2D eigenvalue weighted by Crippen LogP contribution is 2.13. The van der Waals surface area contributed by atoms with Gasteiger partial charge in [-0.05, 0) is 31.0 Å². The molecule has 1 atom stereocenters. The second kappa shape index (κ2) is 7.95. The van der Waals surface area contributed by atoms with E-state index in [0.717, 1.165) is 12.0 Å². The van der Waals surface area contributed by atoms with Crippen molar-refractivity contribution in [2.45, 2.75) is 39.4 Å². The molecule has 0 radical (unpaired) electrons. The second-order valence-corrected chi connectivity index (χ2v) is 6.45. The van der Waals surface area contributed by atoms with Crippen molar-refractivity contribution in [2.75, 3.05) is 0 Å². The lowest BCUT2D eigenvalue weighted by Gasteiger charge is -2.29. The molecule has 0 aliphatic carbocycles. The van der Waals surface area contributed by atoms with Gasteiger partial charge in [-0.25, -0.2) is 0 Å². The molecule has 0 N–H and O–H groups in total. The molecule has 0 aliphatic heterocycles. The van der Waals surface area contributed by atoms with E-state index in [1.165, 1.54) is 6.20 Å². The molecular formula is C21H23N3O2. The fraction of sp³-hybridized carbons (Fsp3) is 0.286. The minimum absolute atomic E-state index is 0.00972. The molecule has 1 aromatic heterocycles. The number of nitrogens with zero attached hydrogens (tertiary/aromatic N) is 3. The average Bonchev–Trinajstić information content (AvgIpc) is 2.68. The van der Waals surface area contributed by atoms with Crippen LogP contribution in [0.1, 0.15) is 25.8 Å². The van der Waals surface area contributed by atoms with E-state index in [0.29, 0.717) is 17.4 Å². The van der Waals surface area contributed by atoms with Gasteiger partial charge in [0.2, 0.25) is 11.3 Å². The zero-order chi connectivity index (χ0) is 18.5. The quantitative estimate of drug-likeness (QED) is 0.686. The molecule has 3 rings (SSSR count). The van der Waals surface area contributed by atoms with Crippen LogP contribution in [0.5, 0.6) is 0 Å². The number of fused-ring (bicyclic) bond motifs is 1. The number of benzene rings is 2. The Hall–Kier alpha value is -2.95. The predicted octanol–water partition coefficient (Wildman–Crippen LogP) is 3.22. The number of hydrogen-bond acceptors (Lipinski definition) is 3. The molecule has 1 amide bonds. The van der Waals surface area contributed by atoms with Crippen LogP contribution in [0.2, 0.25) is 0 Å². The third kappa shape index (κ3) is 3.82. The first-order chi connectivity index (χ1) is 12.6. The van der Waals surface area contributed by atoms with Gasteiger partial charge in [0.25, 0.3) is 0 Å². The summed E-state index contributed by atoms with van der Waals surface area (Å²) in [7, 11) is 0. The van der Waals surface area contributed by atoms with Crippen molar-refractivity contribution in [2.24, 2.45) is 0 Å². The van der Waals surface area contributed by atoms with Crippen LogP contribution in [0.3, 0.4) is 0 Å². The molecule has 3 aromatic rings. The van der Waals surface area contributed by atoms with Gasteiger partial charge in [-0.2, -0.15) is 5.10 Å². The lowest BCUT2D eigenvalue weighted by molar-refractivity contribution is -0.134. The Morgan fingerprint density at radius 3 is 2.54 bits per heavy atom. The van der Waals surface area contributed by atoms with Gasteiger partial charge in [-0.3, -0.25) is 14.3 Å². The Morgan fingerprint density at radius 1 is 1.12 bits per heavy atom. The fourth-order valence-corrected chi connectivity index (χ4v) is 3.00. The highest BCUT2D eigenvalue weighted by atomic mass is 16.2. The number of carbonyl (C=O) groups is 1. The first kappa shape index (κ1) is 17.9. The first-order valence-electron chi connectivity index (χ1n) is 8.88. The van der Waals surface area contributed by atoms with Crippen LogP contribution in [0.4, 0.5) is 0 Å². The van der Waals surface area contributed by atoms with Gasteiger partial charge in [-0.15, -0.1) is 0 Å². The van der Waals surface area contributed by atoms with Gasteiger partial charge in [0.15, 0.2) is 0 Å². The van der Waals surface area contributed by atoms with E-state index < -0.39 is 0 Å². The number of carbonyl (C=O) groups excluding carboxylic acids is 1. The van der Waals surface area contributed by atoms with E-state index in [1.807, 2.05) is 53.4 Å². The van der Waals surface area contributed by atoms with Crippen LogP contribution in [0.15, 0.2) is 65.6 Å². The van der Waals surface area contributed by atoms with Crippen LogP contribution in [0, 0.1) is 0 Å². The van der Waals surface area contributed by atoms with Crippen LogP contribution in [-0.4, -0.2) is 26.6 Å². The van der Waals surface area contributed by atoms with Gasteiger partial charge in [-0.1, -0.05) is 49.4 Å². The molecule has 2 aromatic carbocycles. The Labute approximate surface area is 152 Å². The first-order valence-corrected chi connectivity index (χ1v) is 8.88. The van der Waals surface area contributed by atoms with Crippen molar-refractivity contribution in [1.82, 2.24) is 14.7 Å². The summed E-state index contributed by atoms with van der Waals surface area (Å²) < 4.78 is 1.61. The van der Waals surface area contributed by atoms with Crippen molar-refractivity contribution < 1.29 is 4.79 Å². The summed E-state index contributed by atoms with van der Waals surface area (Å²) in [5.74, 6) is -0.00972. The maximum Gasteiger partial charge on any atom is 0.244 e. The highest BCUT2D eigenvalue weighted by molar-refractivity contribution is 5.81. The van der Waals surface area contributed by atoms with E-state index in [1.54, 1.807) is 10.7 Å². The normalized spacial score (nSPS) is 12.1. The molecule has 0 saturated carbocycles. The van der Waals surface area contributed by atoms with E-state index in [9.17, 15) is 9.59 Å². The van der Waals surface area contributed by atoms with E-state index in [2.05, 4.69) is 18.9 Å². The lowest BCUT2D eigenvalue weighted by Crippen LogP contribution is -2.40. The lowest BCUT2D eigenvalue weighted by atomic mass is 10.1. The van der Waals surface area contributed by atoms with Gasteiger partial charge >= 0.3 is 0 Å². The van der Waals surface area contributed by atoms with Crippen molar-refractivity contribution in [3.63, 3.8) is 0 Å². The largest absolute Gasteiger partial charge is 0.334 e. The number of aromatic nitrogens is 2.